The molecule has 0 bridgehead atoms. The molecular formula is C24H24N2O3S2. The fraction of sp³-hybridized carbons (Fsp3) is 0.167. The number of thiophene rings is 1. The first-order chi connectivity index (χ1) is 15.2. The molecule has 5 nitrogen and oxygen atoms in total. The van der Waals surface area contributed by atoms with E-state index in [1.807, 2.05) is 35.7 Å². The number of carbonyl (C=O) groups is 2. The van der Waals surface area contributed by atoms with Crippen molar-refractivity contribution < 1.29 is 14.3 Å². The third-order valence-corrected chi connectivity index (χ3v) is 6.17. The Balaban J connectivity index is 1.57. The SMILES string of the molecule is COc1ccc(C(=O)N/C(=C\c2cccs2)C(=O)NCCSCc2ccccc2)cc1. The number of methoxy groups -OCH3 is 1. The van der Waals surface area contributed by atoms with E-state index in [2.05, 4.69) is 22.8 Å². The second-order valence-corrected chi connectivity index (χ2v) is 8.63. The highest BCUT2D eigenvalue weighted by atomic mass is 32.2. The van der Waals surface area contributed by atoms with Crippen LogP contribution in [-0.2, 0) is 10.5 Å². The first-order valence-electron chi connectivity index (χ1n) is 9.76. The number of benzene rings is 2. The molecule has 0 aliphatic heterocycles. The molecule has 0 aliphatic carbocycles. The Morgan fingerprint density at radius 2 is 1.81 bits per heavy atom. The Hall–Kier alpha value is -3.03. The number of ether oxygens (including phenoxy) is 1. The highest BCUT2D eigenvalue weighted by Crippen LogP contribution is 2.15. The summed E-state index contributed by atoms with van der Waals surface area (Å²) in [4.78, 5) is 26.3. The van der Waals surface area contributed by atoms with Crippen molar-refractivity contribution in [2.45, 2.75) is 5.75 Å². The van der Waals surface area contributed by atoms with Gasteiger partial charge in [-0.1, -0.05) is 36.4 Å². The molecule has 0 saturated carbocycles. The summed E-state index contributed by atoms with van der Waals surface area (Å²) in [6.45, 7) is 0.510. The quantitative estimate of drug-likeness (QED) is 0.349. The molecule has 0 spiro atoms. The van der Waals surface area contributed by atoms with Crippen LogP contribution < -0.4 is 15.4 Å². The molecule has 3 rings (SSSR count). The van der Waals surface area contributed by atoms with E-state index < -0.39 is 0 Å². The summed E-state index contributed by atoms with van der Waals surface area (Å²) >= 11 is 3.25. The molecule has 3 aromatic rings. The molecule has 160 valence electrons. The second kappa shape index (κ2) is 12.0. The van der Waals surface area contributed by atoms with Gasteiger partial charge in [0.25, 0.3) is 11.8 Å². The molecule has 0 fully saturated rings. The molecule has 2 aromatic carbocycles. The van der Waals surface area contributed by atoms with Crippen molar-refractivity contribution in [1.82, 2.24) is 10.6 Å². The van der Waals surface area contributed by atoms with Crippen LogP contribution in [0.5, 0.6) is 5.75 Å². The molecule has 7 heteroatoms. The fourth-order valence-electron chi connectivity index (χ4n) is 2.71. The monoisotopic (exact) mass is 452 g/mol. The van der Waals surface area contributed by atoms with Gasteiger partial charge >= 0.3 is 0 Å². The summed E-state index contributed by atoms with van der Waals surface area (Å²) in [7, 11) is 1.57. The third-order valence-electron chi connectivity index (χ3n) is 4.32. The molecule has 2 N–H and O–H groups in total. The average Bonchev–Trinajstić information content (AvgIpc) is 3.32. The van der Waals surface area contributed by atoms with Crippen molar-refractivity contribution in [2.75, 3.05) is 19.4 Å². The number of thioether (sulfide) groups is 1. The largest absolute Gasteiger partial charge is 0.497 e. The van der Waals surface area contributed by atoms with Crippen LogP contribution in [0.1, 0.15) is 20.8 Å². The maximum absolute atomic E-state index is 12.8. The standard InChI is InChI=1S/C24H24N2O3S2/c1-29-20-11-9-19(10-12-20)23(27)26-22(16-21-8-5-14-31-21)24(28)25-13-15-30-17-18-6-3-2-4-7-18/h2-12,14,16H,13,15,17H2,1H3,(H,25,28)(H,26,27)/b22-16-. The van der Waals surface area contributed by atoms with E-state index in [4.69, 9.17) is 4.74 Å². The van der Waals surface area contributed by atoms with E-state index in [1.54, 1.807) is 49.2 Å². The Morgan fingerprint density at radius 1 is 1.03 bits per heavy atom. The average molecular weight is 453 g/mol. The number of rotatable bonds is 10. The minimum atomic E-state index is -0.348. The number of amides is 2. The summed E-state index contributed by atoms with van der Waals surface area (Å²) in [6, 6.07) is 20.7. The highest BCUT2D eigenvalue weighted by molar-refractivity contribution is 7.98. The van der Waals surface area contributed by atoms with E-state index in [1.165, 1.54) is 16.9 Å². The normalized spacial score (nSPS) is 11.1. The molecule has 31 heavy (non-hydrogen) atoms. The van der Waals surface area contributed by atoms with Crippen molar-refractivity contribution in [2.24, 2.45) is 0 Å². The van der Waals surface area contributed by atoms with E-state index in [0.717, 1.165) is 16.4 Å². The first-order valence-corrected chi connectivity index (χ1v) is 11.8. The Labute approximate surface area is 190 Å². The number of carbonyl (C=O) groups excluding carboxylic acids is 2. The summed E-state index contributed by atoms with van der Waals surface area (Å²) < 4.78 is 5.12. The van der Waals surface area contributed by atoms with Gasteiger partial charge in [-0.05, 0) is 47.4 Å². The predicted molar refractivity (Wildman–Crippen MR) is 128 cm³/mol. The smallest absolute Gasteiger partial charge is 0.267 e. The lowest BCUT2D eigenvalue weighted by atomic mass is 10.2. The van der Waals surface area contributed by atoms with Gasteiger partial charge in [0.15, 0.2) is 0 Å². The van der Waals surface area contributed by atoms with Crippen LogP contribution in [-0.4, -0.2) is 31.2 Å². The van der Waals surface area contributed by atoms with Gasteiger partial charge in [0.2, 0.25) is 0 Å². The van der Waals surface area contributed by atoms with Crippen molar-refractivity contribution in [3.63, 3.8) is 0 Å². The summed E-state index contributed by atoms with van der Waals surface area (Å²) in [6.07, 6.45) is 1.69. The van der Waals surface area contributed by atoms with Crippen LogP contribution in [0.4, 0.5) is 0 Å². The van der Waals surface area contributed by atoms with E-state index in [9.17, 15) is 9.59 Å². The molecule has 0 unspecified atom stereocenters. The van der Waals surface area contributed by atoms with Crippen LogP contribution in [0, 0.1) is 0 Å². The zero-order valence-corrected chi connectivity index (χ0v) is 18.8. The molecule has 2 amide bonds. The van der Waals surface area contributed by atoms with E-state index >= 15 is 0 Å². The van der Waals surface area contributed by atoms with Gasteiger partial charge in [0.05, 0.1) is 7.11 Å². The van der Waals surface area contributed by atoms with E-state index in [0.29, 0.717) is 17.9 Å². The van der Waals surface area contributed by atoms with E-state index in [-0.39, 0.29) is 17.5 Å². The number of hydrogen-bond acceptors (Lipinski definition) is 5. The van der Waals surface area contributed by atoms with Gasteiger partial charge in [-0.3, -0.25) is 9.59 Å². The van der Waals surface area contributed by atoms with Crippen molar-refractivity contribution >= 4 is 41.0 Å². The zero-order chi connectivity index (χ0) is 21.9. The topological polar surface area (TPSA) is 67.4 Å². The van der Waals surface area contributed by atoms with Gasteiger partial charge in [-0.25, -0.2) is 0 Å². The zero-order valence-electron chi connectivity index (χ0n) is 17.2. The fourth-order valence-corrected chi connectivity index (χ4v) is 4.18. The Kier molecular flexibility index (Phi) is 8.75. The van der Waals surface area contributed by atoms with Gasteiger partial charge < -0.3 is 15.4 Å². The Bertz CT molecular complexity index is 1000. The van der Waals surface area contributed by atoms with Crippen LogP contribution in [0.3, 0.4) is 0 Å². The van der Waals surface area contributed by atoms with Gasteiger partial charge in [0.1, 0.15) is 11.4 Å². The van der Waals surface area contributed by atoms with Gasteiger partial charge in [-0.2, -0.15) is 11.8 Å². The lowest BCUT2D eigenvalue weighted by Gasteiger charge is -2.11. The molecule has 1 aromatic heterocycles. The van der Waals surface area contributed by atoms with Crippen molar-refractivity contribution in [1.29, 1.82) is 0 Å². The number of hydrogen-bond donors (Lipinski definition) is 2. The lowest BCUT2D eigenvalue weighted by molar-refractivity contribution is -0.117. The lowest BCUT2D eigenvalue weighted by Crippen LogP contribution is -2.35. The van der Waals surface area contributed by atoms with Crippen LogP contribution in [0.15, 0.2) is 77.8 Å². The third kappa shape index (κ3) is 7.31. The van der Waals surface area contributed by atoms with Crippen molar-refractivity contribution in [3.05, 3.63) is 93.8 Å². The van der Waals surface area contributed by atoms with Crippen LogP contribution >= 0.6 is 23.1 Å². The number of nitrogens with one attached hydrogen (secondary N) is 2. The van der Waals surface area contributed by atoms with Gasteiger partial charge in [0, 0.05) is 28.5 Å². The maximum Gasteiger partial charge on any atom is 0.267 e. The summed E-state index contributed by atoms with van der Waals surface area (Å²) in [5.41, 5.74) is 1.92. The summed E-state index contributed by atoms with van der Waals surface area (Å²) in [5, 5.41) is 7.57. The molecule has 0 saturated heterocycles. The minimum Gasteiger partial charge on any atom is -0.497 e. The minimum absolute atomic E-state index is 0.219. The molecule has 0 radical (unpaired) electrons. The maximum atomic E-state index is 12.8. The van der Waals surface area contributed by atoms with Crippen LogP contribution in [0.2, 0.25) is 0 Å². The second-order valence-electron chi connectivity index (χ2n) is 6.55. The molecule has 0 atom stereocenters. The predicted octanol–water partition coefficient (Wildman–Crippen LogP) is 4.58. The van der Waals surface area contributed by atoms with Gasteiger partial charge in [-0.15, -0.1) is 11.3 Å². The summed E-state index contributed by atoms with van der Waals surface area (Å²) in [5.74, 6) is 1.67. The highest BCUT2D eigenvalue weighted by Gasteiger charge is 2.15. The molecule has 0 aliphatic rings. The Morgan fingerprint density at radius 3 is 2.48 bits per heavy atom. The molecule has 1 heterocycles. The first kappa shape index (κ1) is 22.7. The van der Waals surface area contributed by atoms with Crippen molar-refractivity contribution in [3.8, 4) is 5.75 Å². The van der Waals surface area contributed by atoms with Crippen LogP contribution in [0.25, 0.3) is 6.08 Å². The molecular weight excluding hydrogens is 428 g/mol.